The van der Waals surface area contributed by atoms with E-state index in [1.165, 1.54) is 0 Å². The fraction of sp³-hybridized carbons (Fsp3) is 0.429. The Morgan fingerprint density at radius 2 is 2.00 bits per heavy atom. The van der Waals surface area contributed by atoms with E-state index in [1.807, 2.05) is 32.0 Å². The fourth-order valence-corrected chi connectivity index (χ4v) is 4.39. The van der Waals surface area contributed by atoms with Crippen LogP contribution >= 0.6 is 0 Å². The molecular formula is C21H24O4. The molecule has 0 aromatic heterocycles. The van der Waals surface area contributed by atoms with E-state index < -0.39 is 11.5 Å². The number of methoxy groups -OCH3 is 2. The van der Waals surface area contributed by atoms with Gasteiger partial charge in [0, 0.05) is 18.9 Å². The van der Waals surface area contributed by atoms with Crippen LogP contribution in [0.1, 0.15) is 30.4 Å². The Balaban J connectivity index is 2.14. The number of Topliss-reactive ketones (excluding diaryl/α,β-unsaturated/α-hetero) is 2. The number of carbonyl (C=O) groups is 2. The second-order valence-corrected chi connectivity index (χ2v) is 6.91. The smallest absolute Gasteiger partial charge is 0.180 e. The fourth-order valence-electron chi connectivity index (χ4n) is 4.39. The zero-order valence-corrected chi connectivity index (χ0v) is 15.2. The van der Waals surface area contributed by atoms with Crippen LogP contribution in [0.15, 0.2) is 42.5 Å². The molecule has 0 heterocycles. The van der Waals surface area contributed by atoms with Crippen molar-refractivity contribution < 1.29 is 19.1 Å². The van der Waals surface area contributed by atoms with E-state index in [-0.39, 0.29) is 23.4 Å². The van der Waals surface area contributed by atoms with E-state index in [0.29, 0.717) is 12.0 Å². The van der Waals surface area contributed by atoms with Crippen LogP contribution in [0.5, 0.6) is 5.75 Å². The Morgan fingerprint density at radius 1 is 1.28 bits per heavy atom. The van der Waals surface area contributed by atoms with Gasteiger partial charge in [-0.3, -0.25) is 9.59 Å². The topological polar surface area (TPSA) is 52.6 Å². The zero-order valence-electron chi connectivity index (χ0n) is 15.2. The number of fused-ring (bicyclic) bond motifs is 2. The quantitative estimate of drug-likeness (QED) is 0.609. The van der Waals surface area contributed by atoms with E-state index in [0.717, 1.165) is 16.9 Å². The normalized spacial score (nSPS) is 31.0. The molecule has 1 aromatic carbocycles. The van der Waals surface area contributed by atoms with Crippen molar-refractivity contribution in [3.05, 3.63) is 53.6 Å². The molecule has 0 amide bonds. The molecule has 0 radical (unpaired) electrons. The Bertz CT molecular complexity index is 776. The summed E-state index contributed by atoms with van der Waals surface area (Å²) in [4.78, 5) is 26.0. The zero-order chi connectivity index (χ0) is 18.4. The predicted molar refractivity (Wildman–Crippen MR) is 95.8 cm³/mol. The summed E-state index contributed by atoms with van der Waals surface area (Å²) in [6, 6.07) is 5.89. The summed E-state index contributed by atoms with van der Waals surface area (Å²) in [5.41, 5.74) is 1.54. The molecule has 132 valence electrons. The summed E-state index contributed by atoms with van der Waals surface area (Å²) in [6.45, 7) is 7.67. The van der Waals surface area contributed by atoms with Crippen LogP contribution in [0, 0.1) is 18.8 Å². The summed E-state index contributed by atoms with van der Waals surface area (Å²) in [6.07, 6.45) is 3.87. The van der Waals surface area contributed by atoms with E-state index in [4.69, 9.17) is 9.47 Å². The summed E-state index contributed by atoms with van der Waals surface area (Å²) >= 11 is 0. The molecule has 0 aliphatic heterocycles. The van der Waals surface area contributed by atoms with Crippen molar-refractivity contribution in [2.45, 2.75) is 31.8 Å². The maximum Gasteiger partial charge on any atom is 0.180 e. The molecule has 4 atom stereocenters. The lowest BCUT2D eigenvalue weighted by Crippen LogP contribution is -2.45. The van der Waals surface area contributed by atoms with Crippen LogP contribution in [0.3, 0.4) is 0 Å². The van der Waals surface area contributed by atoms with Crippen molar-refractivity contribution in [3.8, 4) is 5.75 Å². The minimum absolute atomic E-state index is 0.105. The van der Waals surface area contributed by atoms with Crippen molar-refractivity contribution in [1.82, 2.24) is 0 Å². The third kappa shape index (κ3) is 2.39. The van der Waals surface area contributed by atoms with Crippen molar-refractivity contribution in [1.29, 1.82) is 0 Å². The molecule has 0 spiro atoms. The molecule has 1 saturated carbocycles. The lowest BCUT2D eigenvalue weighted by atomic mass is 9.79. The number of ether oxygens (including phenoxy) is 2. The molecule has 2 aliphatic carbocycles. The molecule has 1 aromatic rings. The maximum absolute atomic E-state index is 13.1. The Morgan fingerprint density at radius 3 is 2.60 bits per heavy atom. The van der Waals surface area contributed by atoms with Gasteiger partial charge in [-0.25, -0.2) is 0 Å². The number of benzene rings is 1. The minimum Gasteiger partial charge on any atom is -0.496 e. The van der Waals surface area contributed by atoms with Gasteiger partial charge in [0.1, 0.15) is 11.4 Å². The summed E-state index contributed by atoms with van der Waals surface area (Å²) < 4.78 is 11.1. The van der Waals surface area contributed by atoms with Crippen LogP contribution in [-0.4, -0.2) is 31.4 Å². The molecule has 2 aliphatic rings. The number of allylic oxidation sites excluding steroid dienone is 2. The van der Waals surface area contributed by atoms with Gasteiger partial charge in [-0.2, -0.15) is 0 Å². The first kappa shape index (κ1) is 17.6. The van der Waals surface area contributed by atoms with Gasteiger partial charge < -0.3 is 9.47 Å². The SMILES string of the molecule is C=CCC1=C[C@@]2(OC)C(=O)[C@@H](C1=O)[C@@H](c1ccc(C)c(OC)c1)[C@@H]2C. The molecule has 4 nitrogen and oxygen atoms in total. The van der Waals surface area contributed by atoms with Gasteiger partial charge in [0.25, 0.3) is 0 Å². The Kier molecular flexibility index (Phi) is 4.41. The highest BCUT2D eigenvalue weighted by Crippen LogP contribution is 2.54. The van der Waals surface area contributed by atoms with Crippen LogP contribution in [-0.2, 0) is 14.3 Å². The molecule has 2 bridgehead atoms. The standard InChI is InChI=1S/C21H24O4/c1-6-7-15-11-21(25-5)13(3)17(18(19(15)22)20(21)23)14-9-8-12(2)16(10-14)24-4/h6,8-11,13,17-18H,1,7H2,2-5H3/t13-,17+,18+,21-/m0/s1. The van der Waals surface area contributed by atoms with Gasteiger partial charge in [-0.05, 0) is 42.2 Å². The van der Waals surface area contributed by atoms with Gasteiger partial charge in [-0.1, -0.05) is 25.1 Å². The maximum atomic E-state index is 13.1. The molecule has 25 heavy (non-hydrogen) atoms. The first-order chi connectivity index (χ1) is 11.9. The highest BCUT2D eigenvalue weighted by molar-refractivity contribution is 6.19. The van der Waals surface area contributed by atoms with Crippen LogP contribution in [0.25, 0.3) is 0 Å². The monoisotopic (exact) mass is 340 g/mol. The summed E-state index contributed by atoms with van der Waals surface area (Å²) in [7, 11) is 3.17. The largest absolute Gasteiger partial charge is 0.496 e. The minimum atomic E-state index is -1.04. The number of rotatable bonds is 5. The van der Waals surface area contributed by atoms with E-state index >= 15 is 0 Å². The molecule has 4 heteroatoms. The number of aryl methyl sites for hydroxylation is 1. The first-order valence-corrected chi connectivity index (χ1v) is 8.52. The average Bonchev–Trinajstić information content (AvgIpc) is 2.76. The van der Waals surface area contributed by atoms with E-state index in [9.17, 15) is 9.59 Å². The number of carbonyl (C=O) groups excluding carboxylic acids is 2. The van der Waals surface area contributed by atoms with Gasteiger partial charge in [0.05, 0.1) is 13.0 Å². The summed E-state index contributed by atoms with van der Waals surface area (Å²) in [5.74, 6) is -0.558. The molecule has 1 fully saturated rings. The first-order valence-electron chi connectivity index (χ1n) is 8.52. The van der Waals surface area contributed by atoms with Crippen molar-refractivity contribution in [2.24, 2.45) is 11.8 Å². The predicted octanol–water partition coefficient (Wildman–Crippen LogP) is 3.39. The van der Waals surface area contributed by atoms with Crippen molar-refractivity contribution >= 4 is 11.6 Å². The second-order valence-electron chi connectivity index (χ2n) is 6.91. The van der Waals surface area contributed by atoms with Crippen molar-refractivity contribution in [2.75, 3.05) is 14.2 Å². The average molecular weight is 340 g/mol. The van der Waals surface area contributed by atoms with E-state index in [2.05, 4.69) is 6.58 Å². The van der Waals surface area contributed by atoms with E-state index in [1.54, 1.807) is 26.4 Å². The lowest BCUT2D eigenvalue weighted by Gasteiger charge is -2.30. The Hall–Kier alpha value is -2.20. The highest BCUT2D eigenvalue weighted by atomic mass is 16.5. The molecule has 3 rings (SSSR count). The molecule has 0 unspecified atom stereocenters. The molecule has 0 N–H and O–H groups in total. The van der Waals surface area contributed by atoms with Crippen LogP contribution in [0.4, 0.5) is 0 Å². The van der Waals surface area contributed by atoms with Crippen LogP contribution < -0.4 is 4.74 Å². The number of hydrogen-bond donors (Lipinski definition) is 0. The number of hydrogen-bond acceptors (Lipinski definition) is 4. The summed E-state index contributed by atoms with van der Waals surface area (Å²) in [5, 5.41) is 0. The second kappa shape index (κ2) is 6.26. The van der Waals surface area contributed by atoms with Crippen molar-refractivity contribution in [3.63, 3.8) is 0 Å². The number of ketones is 2. The Labute approximate surface area is 148 Å². The lowest BCUT2D eigenvalue weighted by molar-refractivity contribution is -0.141. The van der Waals surface area contributed by atoms with Crippen LogP contribution in [0.2, 0.25) is 0 Å². The highest BCUT2D eigenvalue weighted by Gasteiger charge is 2.63. The van der Waals surface area contributed by atoms with Gasteiger partial charge in [-0.15, -0.1) is 6.58 Å². The third-order valence-electron chi connectivity index (χ3n) is 5.75. The third-order valence-corrected chi connectivity index (χ3v) is 5.75. The van der Waals surface area contributed by atoms with Gasteiger partial charge in [0.15, 0.2) is 11.6 Å². The molecule has 0 saturated heterocycles. The molecular weight excluding hydrogens is 316 g/mol. The van der Waals surface area contributed by atoms with Gasteiger partial charge >= 0.3 is 0 Å². The van der Waals surface area contributed by atoms with Gasteiger partial charge in [0.2, 0.25) is 0 Å².